The van der Waals surface area contributed by atoms with Crippen LogP contribution in [0.25, 0.3) is 11.3 Å². The largest absolute Gasteiger partial charge is 0.470 e. The number of carbonyl (C=O) groups is 1. The highest BCUT2D eigenvalue weighted by atomic mass is 16.5. The van der Waals surface area contributed by atoms with Gasteiger partial charge >= 0.3 is 0 Å². The van der Waals surface area contributed by atoms with Crippen LogP contribution in [0.3, 0.4) is 0 Å². The minimum Gasteiger partial charge on any atom is -0.470 e. The van der Waals surface area contributed by atoms with Gasteiger partial charge in [0.1, 0.15) is 12.4 Å². The maximum atomic E-state index is 10.4. The number of nitrogens with zero attached hydrogens (tertiary/aromatic N) is 3. The van der Waals surface area contributed by atoms with Crippen molar-refractivity contribution in [2.24, 2.45) is 0 Å². The molecule has 0 saturated carbocycles. The predicted octanol–water partition coefficient (Wildman–Crippen LogP) is 3.14. The lowest BCUT2D eigenvalue weighted by Crippen LogP contribution is -2.27. The maximum Gasteiger partial charge on any atom is 0.298 e. The standard InChI is InChI=1S/C23H24N4O3/c1-15-9-17(10-18-12-27(2)8-7-20(15)18)21-11-25-22(24)23(26-21)29-13-16-3-5-19(6-4-16)30-14-28/h3-6,9-11,14H,7-8,12-13H2,1-2H3,(H2,24,25). The highest BCUT2D eigenvalue weighted by Gasteiger charge is 2.17. The summed E-state index contributed by atoms with van der Waals surface area (Å²) in [4.78, 5) is 21.6. The number of carbonyl (C=O) groups excluding carboxylic acids is 1. The quantitative estimate of drug-likeness (QED) is 0.631. The molecule has 0 amide bonds. The van der Waals surface area contributed by atoms with Crippen molar-refractivity contribution < 1.29 is 14.3 Å². The first-order chi connectivity index (χ1) is 14.5. The second-order valence-electron chi connectivity index (χ2n) is 7.51. The van der Waals surface area contributed by atoms with Crippen molar-refractivity contribution in [3.05, 3.63) is 64.8 Å². The number of nitrogen functional groups attached to an aromatic ring is 1. The number of hydrogen-bond acceptors (Lipinski definition) is 7. The Kier molecular flexibility index (Phi) is 5.63. The molecule has 0 aliphatic carbocycles. The number of aryl methyl sites for hydroxylation is 1. The van der Waals surface area contributed by atoms with Crippen LogP contribution in [0.1, 0.15) is 22.3 Å². The van der Waals surface area contributed by atoms with E-state index in [2.05, 4.69) is 41.0 Å². The van der Waals surface area contributed by atoms with Gasteiger partial charge in [-0.15, -0.1) is 0 Å². The van der Waals surface area contributed by atoms with Crippen molar-refractivity contribution in [3.8, 4) is 22.9 Å². The van der Waals surface area contributed by atoms with E-state index in [1.165, 1.54) is 16.7 Å². The first-order valence-electron chi connectivity index (χ1n) is 9.79. The van der Waals surface area contributed by atoms with Crippen molar-refractivity contribution >= 4 is 12.3 Å². The Labute approximate surface area is 175 Å². The molecule has 3 aromatic rings. The van der Waals surface area contributed by atoms with Gasteiger partial charge in [0.2, 0.25) is 0 Å². The van der Waals surface area contributed by atoms with Crippen molar-refractivity contribution in [1.29, 1.82) is 0 Å². The fraction of sp³-hybridized carbons (Fsp3) is 0.261. The lowest BCUT2D eigenvalue weighted by atomic mass is 9.92. The molecule has 0 bridgehead atoms. The molecule has 1 aliphatic heterocycles. The van der Waals surface area contributed by atoms with E-state index in [4.69, 9.17) is 15.2 Å². The van der Waals surface area contributed by atoms with Gasteiger partial charge in [-0.05, 0) is 66.9 Å². The van der Waals surface area contributed by atoms with E-state index < -0.39 is 0 Å². The number of benzene rings is 2. The van der Waals surface area contributed by atoms with Crippen LogP contribution in [-0.2, 0) is 24.4 Å². The first kappa shape index (κ1) is 19.8. The zero-order valence-electron chi connectivity index (χ0n) is 17.1. The van der Waals surface area contributed by atoms with Crippen LogP contribution in [0.2, 0.25) is 0 Å². The molecule has 2 N–H and O–H groups in total. The summed E-state index contributed by atoms with van der Waals surface area (Å²) in [7, 11) is 2.14. The molecule has 0 unspecified atom stereocenters. The Hall–Kier alpha value is -3.45. The molecule has 1 aliphatic rings. The third-order valence-corrected chi connectivity index (χ3v) is 5.30. The van der Waals surface area contributed by atoms with Crippen LogP contribution in [0.15, 0.2) is 42.6 Å². The molecule has 4 rings (SSSR count). The minimum atomic E-state index is 0.245. The lowest BCUT2D eigenvalue weighted by Gasteiger charge is -2.27. The normalized spacial score (nSPS) is 13.5. The van der Waals surface area contributed by atoms with Crippen LogP contribution >= 0.6 is 0 Å². The number of likely N-dealkylation sites (N-methyl/N-ethyl adjacent to an activating group) is 1. The predicted molar refractivity (Wildman–Crippen MR) is 114 cm³/mol. The van der Waals surface area contributed by atoms with Crippen LogP contribution < -0.4 is 15.2 Å². The van der Waals surface area contributed by atoms with E-state index in [-0.39, 0.29) is 12.4 Å². The monoisotopic (exact) mass is 404 g/mol. The summed E-state index contributed by atoms with van der Waals surface area (Å²) in [6.45, 7) is 4.83. The third kappa shape index (κ3) is 4.26. The highest BCUT2D eigenvalue weighted by molar-refractivity contribution is 5.64. The van der Waals surface area contributed by atoms with Crippen LogP contribution in [0.4, 0.5) is 5.82 Å². The maximum absolute atomic E-state index is 10.4. The zero-order valence-corrected chi connectivity index (χ0v) is 17.1. The molecule has 7 nitrogen and oxygen atoms in total. The van der Waals surface area contributed by atoms with Gasteiger partial charge in [0, 0.05) is 18.7 Å². The molecule has 0 radical (unpaired) electrons. The number of fused-ring (bicyclic) bond motifs is 1. The van der Waals surface area contributed by atoms with E-state index in [0.717, 1.165) is 36.3 Å². The fourth-order valence-corrected chi connectivity index (χ4v) is 3.71. The average molecular weight is 404 g/mol. The lowest BCUT2D eigenvalue weighted by molar-refractivity contribution is -0.120. The van der Waals surface area contributed by atoms with Gasteiger partial charge in [-0.3, -0.25) is 4.79 Å². The molecule has 0 atom stereocenters. The number of aromatic nitrogens is 2. The fourth-order valence-electron chi connectivity index (χ4n) is 3.71. The van der Waals surface area contributed by atoms with Crippen molar-refractivity contribution in [2.75, 3.05) is 19.3 Å². The second kappa shape index (κ2) is 8.51. The average Bonchev–Trinajstić information content (AvgIpc) is 2.74. The van der Waals surface area contributed by atoms with Gasteiger partial charge in [-0.2, -0.15) is 0 Å². The Bertz CT molecular complexity index is 1070. The molecule has 154 valence electrons. The summed E-state index contributed by atoms with van der Waals surface area (Å²) in [5.41, 5.74) is 12.7. The molecule has 2 heterocycles. The summed E-state index contributed by atoms with van der Waals surface area (Å²) in [6, 6.07) is 11.4. The van der Waals surface area contributed by atoms with E-state index in [1.807, 2.05) is 12.1 Å². The van der Waals surface area contributed by atoms with E-state index in [0.29, 0.717) is 18.1 Å². The smallest absolute Gasteiger partial charge is 0.298 e. The summed E-state index contributed by atoms with van der Waals surface area (Å²) in [5, 5.41) is 0. The van der Waals surface area contributed by atoms with Gasteiger partial charge in [0.15, 0.2) is 5.82 Å². The van der Waals surface area contributed by atoms with Crippen LogP contribution in [-0.4, -0.2) is 34.9 Å². The van der Waals surface area contributed by atoms with Crippen molar-refractivity contribution in [1.82, 2.24) is 14.9 Å². The second-order valence-corrected chi connectivity index (χ2v) is 7.51. The molecule has 0 fully saturated rings. The molecule has 30 heavy (non-hydrogen) atoms. The highest BCUT2D eigenvalue weighted by Crippen LogP contribution is 2.30. The van der Waals surface area contributed by atoms with Gasteiger partial charge in [-0.1, -0.05) is 12.1 Å². The molecular formula is C23H24N4O3. The number of nitrogens with two attached hydrogens (primary N) is 1. The van der Waals surface area contributed by atoms with E-state index in [9.17, 15) is 4.79 Å². The number of hydrogen-bond donors (Lipinski definition) is 1. The van der Waals surface area contributed by atoms with E-state index in [1.54, 1.807) is 18.3 Å². The molecule has 7 heteroatoms. The summed E-state index contributed by atoms with van der Waals surface area (Å²) in [6.07, 6.45) is 2.75. The topological polar surface area (TPSA) is 90.6 Å². The van der Waals surface area contributed by atoms with Gasteiger partial charge < -0.3 is 20.1 Å². The van der Waals surface area contributed by atoms with Crippen LogP contribution in [0.5, 0.6) is 11.6 Å². The molecule has 0 spiro atoms. The summed E-state index contributed by atoms with van der Waals surface area (Å²) in [5.74, 6) is 1.02. The Balaban J connectivity index is 1.55. The Morgan fingerprint density at radius 1 is 1.23 bits per heavy atom. The van der Waals surface area contributed by atoms with Crippen molar-refractivity contribution in [2.45, 2.75) is 26.5 Å². The summed E-state index contributed by atoms with van der Waals surface area (Å²) < 4.78 is 10.6. The summed E-state index contributed by atoms with van der Waals surface area (Å²) >= 11 is 0. The van der Waals surface area contributed by atoms with Gasteiger partial charge in [0.25, 0.3) is 12.4 Å². The first-order valence-corrected chi connectivity index (χ1v) is 9.79. The number of rotatable bonds is 6. The van der Waals surface area contributed by atoms with Crippen molar-refractivity contribution in [3.63, 3.8) is 0 Å². The zero-order chi connectivity index (χ0) is 21.1. The molecule has 1 aromatic heterocycles. The number of ether oxygens (including phenoxy) is 2. The Morgan fingerprint density at radius 2 is 2.03 bits per heavy atom. The van der Waals surface area contributed by atoms with Crippen LogP contribution in [0, 0.1) is 6.92 Å². The molecule has 0 saturated heterocycles. The van der Waals surface area contributed by atoms with Gasteiger partial charge in [0.05, 0.1) is 11.9 Å². The van der Waals surface area contributed by atoms with E-state index >= 15 is 0 Å². The Morgan fingerprint density at radius 3 is 2.80 bits per heavy atom. The molecule has 2 aromatic carbocycles. The van der Waals surface area contributed by atoms with Gasteiger partial charge in [-0.25, -0.2) is 9.97 Å². The number of anilines is 1. The minimum absolute atomic E-state index is 0.245. The third-order valence-electron chi connectivity index (χ3n) is 5.30. The SMILES string of the molecule is Cc1cc(-c2cnc(N)c(OCc3ccc(OC=O)cc3)n2)cc2c1CCN(C)C2. The molecular weight excluding hydrogens is 380 g/mol.